The molecule has 136 valence electrons. The van der Waals surface area contributed by atoms with Crippen LogP contribution in [0, 0.1) is 0 Å². The van der Waals surface area contributed by atoms with Crippen LogP contribution in [0.2, 0.25) is 0 Å². The number of benzene rings is 2. The predicted octanol–water partition coefficient (Wildman–Crippen LogP) is 3.93. The molecule has 1 aromatic heterocycles. The molecule has 0 aliphatic heterocycles. The molecule has 0 atom stereocenters. The Morgan fingerprint density at radius 2 is 1.41 bits per heavy atom. The van der Waals surface area contributed by atoms with Crippen molar-refractivity contribution in [2.75, 3.05) is 14.2 Å². The average Bonchev–Trinajstić information content (AvgIpc) is 2.72. The first kappa shape index (κ1) is 18.1. The smallest absolute Gasteiger partial charge is 0.328 e. The first-order chi connectivity index (χ1) is 13.1. The van der Waals surface area contributed by atoms with Crippen LogP contribution in [-0.2, 0) is 4.79 Å². The van der Waals surface area contributed by atoms with Crippen LogP contribution in [0.5, 0.6) is 11.5 Å². The summed E-state index contributed by atoms with van der Waals surface area (Å²) in [4.78, 5) is 19.9. The number of carboxylic acids is 1. The summed E-state index contributed by atoms with van der Waals surface area (Å²) in [6.45, 7) is 0. The zero-order valence-electron chi connectivity index (χ0n) is 14.9. The van der Waals surface area contributed by atoms with E-state index in [1.165, 1.54) is 6.08 Å². The van der Waals surface area contributed by atoms with Gasteiger partial charge in [0.15, 0.2) is 0 Å². The molecule has 27 heavy (non-hydrogen) atoms. The highest BCUT2D eigenvalue weighted by Crippen LogP contribution is 2.31. The highest BCUT2D eigenvalue weighted by Gasteiger charge is 2.12. The summed E-state index contributed by atoms with van der Waals surface area (Å²) in [5.41, 5.74) is 3.52. The molecule has 0 fully saturated rings. The minimum Gasteiger partial charge on any atom is -0.497 e. The topological polar surface area (TPSA) is 81.5 Å². The molecule has 0 radical (unpaired) electrons. The van der Waals surface area contributed by atoms with Crippen molar-refractivity contribution in [2.24, 2.45) is 0 Å². The highest BCUT2D eigenvalue weighted by molar-refractivity contribution is 5.85. The summed E-state index contributed by atoms with van der Waals surface area (Å²) >= 11 is 0. The molecule has 0 unspecified atom stereocenters. The standard InChI is InChI=1S/C21H18N2O4/c1-26-17-8-3-14(4-9-17)20-21(15-5-10-18(27-2)11-6-15)23-16(13-22-20)7-12-19(24)25/h3-13H,1-2H3,(H,24,25). The third-order valence-corrected chi connectivity index (χ3v) is 3.91. The average molecular weight is 362 g/mol. The highest BCUT2D eigenvalue weighted by atomic mass is 16.5. The largest absolute Gasteiger partial charge is 0.497 e. The lowest BCUT2D eigenvalue weighted by atomic mass is 10.0. The Balaban J connectivity index is 2.11. The number of ether oxygens (including phenoxy) is 2. The minimum absolute atomic E-state index is 0.459. The van der Waals surface area contributed by atoms with Gasteiger partial charge in [0.05, 0.1) is 37.5 Å². The van der Waals surface area contributed by atoms with E-state index in [1.807, 2.05) is 48.5 Å². The zero-order chi connectivity index (χ0) is 19.2. The first-order valence-electron chi connectivity index (χ1n) is 8.17. The van der Waals surface area contributed by atoms with Crippen LogP contribution in [-0.4, -0.2) is 35.3 Å². The Morgan fingerprint density at radius 1 is 0.889 bits per heavy atom. The van der Waals surface area contributed by atoms with Crippen molar-refractivity contribution >= 4 is 12.0 Å². The summed E-state index contributed by atoms with van der Waals surface area (Å²) in [5.74, 6) is 0.445. The van der Waals surface area contributed by atoms with Gasteiger partial charge in [0.25, 0.3) is 0 Å². The van der Waals surface area contributed by atoms with Gasteiger partial charge in [-0.25, -0.2) is 9.78 Å². The Labute approximate surface area is 156 Å². The van der Waals surface area contributed by atoms with Crippen molar-refractivity contribution in [1.82, 2.24) is 9.97 Å². The Kier molecular flexibility index (Phi) is 5.47. The maximum atomic E-state index is 10.8. The Bertz CT molecular complexity index is 964. The lowest BCUT2D eigenvalue weighted by molar-refractivity contribution is -0.131. The van der Waals surface area contributed by atoms with Gasteiger partial charge in [0, 0.05) is 17.2 Å². The second-order valence-electron chi connectivity index (χ2n) is 5.62. The molecule has 0 aliphatic carbocycles. The van der Waals surface area contributed by atoms with Crippen LogP contribution in [0.3, 0.4) is 0 Å². The number of hydrogen-bond donors (Lipinski definition) is 1. The van der Waals surface area contributed by atoms with E-state index in [-0.39, 0.29) is 0 Å². The van der Waals surface area contributed by atoms with Crippen molar-refractivity contribution in [3.8, 4) is 34.0 Å². The molecule has 3 aromatic rings. The quantitative estimate of drug-likeness (QED) is 0.669. The second-order valence-corrected chi connectivity index (χ2v) is 5.62. The fourth-order valence-electron chi connectivity index (χ4n) is 2.55. The molecule has 1 heterocycles. The molecule has 3 rings (SSSR count). The van der Waals surface area contributed by atoms with Crippen LogP contribution in [0.15, 0.2) is 60.8 Å². The van der Waals surface area contributed by atoms with E-state index in [1.54, 1.807) is 20.4 Å². The van der Waals surface area contributed by atoms with E-state index in [0.717, 1.165) is 28.7 Å². The Hall–Kier alpha value is -3.67. The van der Waals surface area contributed by atoms with Gasteiger partial charge in [-0.05, 0) is 54.6 Å². The monoisotopic (exact) mass is 362 g/mol. The van der Waals surface area contributed by atoms with Crippen LogP contribution < -0.4 is 9.47 Å². The number of rotatable bonds is 6. The van der Waals surface area contributed by atoms with Crippen molar-refractivity contribution < 1.29 is 19.4 Å². The number of hydrogen-bond acceptors (Lipinski definition) is 5. The third-order valence-electron chi connectivity index (χ3n) is 3.91. The van der Waals surface area contributed by atoms with Crippen LogP contribution in [0.25, 0.3) is 28.6 Å². The van der Waals surface area contributed by atoms with E-state index in [4.69, 9.17) is 14.6 Å². The van der Waals surface area contributed by atoms with Crippen LogP contribution in [0.4, 0.5) is 0 Å². The maximum Gasteiger partial charge on any atom is 0.328 e. The molecule has 2 aromatic carbocycles. The number of aliphatic carboxylic acids is 1. The van der Waals surface area contributed by atoms with Gasteiger partial charge in [0.1, 0.15) is 11.5 Å². The van der Waals surface area contributed by atoms with Gasteiger partial charge in [-0.15, -0.1) is 0 Å². The molecule has 1 N–H and O–H groups in total. The summed E-state index contributed by atoms with van der Waals surface area (Å²) in [6.07, 6.45) is 4.00. The molecular weight excluding hydrogens is 344 g/mol. The SMILES string of the molecule is COc1ccc(-c2ncc(C=CC(=O)O)nc2-c2ccc(OC)cc2)cc1. The summed E-state index contributed by atoms with van der Waals surface area (Å²) in [6, 6.07) is 15.0. The van der Waals surface area contributed by atoms with Gasteiger partial charge in [-0.2, -0.15) is 0 Å². The normalized spacial score (nSPS) is 10.7. The molecule has 0 spiro atoms. The number of aromatic nitrogens is 2. The van der Waals surface area contributed by atoms with Gasteiger partial charge in [-0.3, -0.25) is 4.98 Å². The molecule has 0 saturated carbocycles. The number of methoxy groups -OCH3 is 2. The molecule has 0 aliphatic rings. The first-order valence-corrected chi connectivity index (χ1v) is 8.17. The lowest BCUT2D eigenvalue weighted by Crippen LogP contribution is -1.97. The summed E-state index contributed by atoms with van der Waals surface area (Å²) in [5, 5.41) is 8.84. The van der Waals surface area contributed by atoms with E-state index in [0.29, 0.717) is 17.1 Å². The second kappa shape index (κ2) is 8.14. The molecule has 0 amide bonds. The zero-order valence-corrected chi connectivity index (χ0v) is 14.9. The van der Waals surface area contributed by atoms with Gasteiger partial charge in [0.2, 0.25) is 0 Å². The Morgan fingerprint density at radius 3 is 1.89 bits per heavy atom. The fraction of sp³-hybridized carbons (Fsp3) is 0.0952. The van der Waals surface area contributed by atoms with Crippen LogP contribution in [0.1, 0.15) is 5.69 Å². The third kappa shape index (κ3) is 4.30. The van der Waals surface area contributed by atoms with Gasteiger partial charge >= 0.3 is 5.97 Å². The van der Waals surface area contributed by atoms with E-state index < -0.39 is 5.97 Å². The van der Waals surface area contributed by atoms with Crippen molar-refractivity contribution in [3.63, 3.8) is 0 Å². The van der Waals surface area contributed by atoms with Crippen molar-refractivity contribution in [1.29, 1.82) is 0 Å². The number of carboxylic acid groups (broad SMARTS) is 1. The number of nitrogens with zero attached hydrogens (tertiary/aromatic N) is 2. The molecule has 0 bridgehead atoms. The molecule has 6 nitrogen and oxygen atoms in total. The summed E-state index contributed by atoms with van der Waals surface area (Å²) in [7, 11) is 3.22. The molecule has 0 saturated heterocycles. The molecular formula is C21H18N2O4. The maximum absolute atomic E-state index is 10.8. The fourth-order valence-corrected chi connectivity index (χ4v) is 2.55. The number of carbonyl (C=O) groups is 1. The van der Waals surface area contributed by atoms with E-state index in [2.05, 4.69) is 9.97 Å². The van der Waals surface area contributed by atoms with E-state index in [9.17, 15) is 4.79 Å². The molecule has 6 heteroatoms. The van der Waals surface area contributed by atoms with Gasteiger partial charge in [-0.1, -0.05) is 0 Å². The minimum atomic E-state index is -1.04. The van der Waals surface area contributed by atoms with Crippen molar-refractivity contribution in [3.05, 3.63) is 66.5 Å². The van der Waals surface area contributed by atoms with Crippen LogP contribution >= 0.6 is 0 Å². The predicted molar refractivity (Wildman–Crippen MR) is 103 cm³/mol. The van der Waals surface area contributed by atoms with Crippen molar-refractivity contribution in [2.45, 2.75) is 0 Å². The lowest BCUT2D eigenvalue weighted by Gasteiger charge is -2.11. The van der Waals surface area contributed by atoms with E-state index >= 15 is 0 Å². The van der Waals surface area contributed by atoms with Gasteiger partial charge < -0.3 is 14.6 Å². The summed E-state index contributed by atoms with van der Waals surface area (Å²) < 4.78 is 10.4.